The monoisotopic (exact) mass is 269 g/mol. The van der Waals surface area contributed by atoms with Gasteiger partial charge in [0, 0.05) is 11.4 Å². The van der Waals surface area contributed by atoms with Gasteiger partial charge in [-0.25, -0.2) is 13.1 Å². The van der Waals surface area contributed by atoms with Crippen molar-refractivity contribution in [1.82, 2.24) is 4.72 Å². The van der Waals surface area contributed by atoms with E-state index in [1.807, 2.05) is 0 Å². The van der Waals surface area contributed by atoms with Crippen LogP contribution >= 0.6 is 15.9 Å². The molecule has 13 heavy (non-hydrogen) atoms. The van der Waals surface area contributed by atoms with Gasteiger partial charge in [-0.1, -0.05) is 22.4 Å². The molecule has 1 rings (SSSR count). The van der Waals surface area contributed by atoms with Gasteiger partial charge >= 0.3 is 0 Å². The number of rotatable bonds is 4. The molecule has 0 heterocycles. The van der Waals surface area contributed by atoms with Gasteiger partial charge in [-0.3, -0.25) is 0 Å². The topological polar surface area (TPSA) is 46.2 Å². The molecule has 1 fully saturated rings. The average molecular weight is 270 g/mol. The van der Waals surface area contributed by atoms with Gasteiger partial charge in [0.2, 0.25) is 10.0 Å². The predicted molar refractivity (Wildman–Crippen MR) is 57.5 cm³/mol. The summed E-state index contributed by atoms with van der Waals surface area (Å²) in [5.74, 6) is 0.653. The maximum absolute atomic E-state index is 11.3. The van der Waals surface area contributed by atoms with E-state index in [2.05, 4.69) is 20.7 Å². The first-order valence-corrected chi connectivity index (χ1v) is 7.42. The second-order valence-corrected chi connectivity index (χ2v) is 6.16. The lowest BCUT2D eigenvalue weighted by Crippen LogP contribution is -2.38. The molecule has 0 saturated heterocycles. The molecule has 0 amide bonds. The zero-order valence-electron chi connectivity index (χ0n) is 7.79. The molecule has 1 aliphatic carbocycles. The minimum Gasteiger partial charge on any atom is -0.212 e. The van der Waals surface area contributed by atoms with Crippen LogP contribution in [0.2, 0.25) is 0 Å². The molecule has 1 aliphatic rings. The van der Waals surface area contributed by atoms with E-state index < -0.39 is 10.0 Å². The highest BCUT2D eigenvalue weighted by atomic mass is 79.9. The maximum atomic E-state index is 11.3. The fourth-order valence-corrected chi connectivity index (χ4v) is 3.40. The van der Waals surface area contributed by atoms with Crippen LogP contribution < -0.4 is 4.72 Å². The van der Waals surface area contributed by atoms with E-state index in [4.69, 9.17) is 0 Å². The van der Waals surface area contributed by atoms with Crippen molar-refractivity contribution >= 4 is 26.0 Å². The predicted octanol–water partition coefficient (Wildman–Crippen LogP) is 1.49. The molecule has 2 atom stereocenters. The van der Waals surface area contributed by atoms with Crippen molar-refractivity contribution in [2.75, 3.05) is 11.1 Å². The quantitative estimate of drug-likeness (QED) is 0.787. The van der Waals surface area contributed by atoms with Crippen LogP contribution in [0.25, 0.3) is 0 Å². The van der Waals surface area contributed by atoms with Gasteiger partial charge in [-0.05, 0) is 25.7 Å². The van der Waals surface area contributed by atoms with Gasteiger partial charge in [0.15, 0.2) is 0 Å². The molecular weight excluding hydrogens is 254 g/mol. The molecule has 0 bridgehead atoms. The van der Waals surface area contributed by atoms with Crippen LogP contribution in [-0.2, 0) is 10.0 Å². The summed E-state index contributed by atoms with van der Waals surface area (Å²) in [7, 11) is -3.02. The standard InChI is InChI=1S/C8H16BrNO2S/c1-2-13(11,12)10-8-5-3-4-7(8)6-9/h7-8,10H,2-6H2,1H3. The highest BCUT2D eigenvalue weighted by Gasteiger charge is 2.28. The fourth-order valence-electron chi connectivity index (χ4n) is 1.69. The van der Waals surface area contributed by atoms with Crippen molar-refractivity contribution < 1.29 is 8.42 Å². The number of alkyl halides is 1. The van der Waals surface area contributed by atoms with Crippen LogP contribution in [0.1, 0.15) is 26.2 Å². The summed E-state index contributed by atoms with van der Waals surface area (Å²) in [6, 6.07) is 0.157. The Morgan fingerprint density at radius 3 is 2.69 bits per heavy atom. The Morgan fingerprint density at radius 1 is 1.46 bits per heavy atom. The molecule has 0 aromatic rings. The van der Waals surface area contributed by atoms with E-state index in [0.29, 0.717) is 5.92 Å². The first-order chi connectivity index (χ1) is 6.09. The summed E-state index contributed by atoms with van der Waals surface area (Å²) >= 11 is 3.41. The molecule has 0 aliphatic heterocycles. The van der Waals surface area contributed by atoms with E-state index in [9.17, 15) is 8.42 Å². The highest BCUT2D eigenvalue weighted by Crippen LogP contribution is 2.27. The summed E-state index contributed by atoms with van der Waals surface area (Å²) in [6.07, 6.45) is 3.24. The van der Waals surface area contributed by atoms with E-state index in [-0.39, 0.29) is 11.8 Å². The van der Waals surface area contributed by atoms with E-state index >= 15 is 0 Å². The number of sulfonamides is 1. The molecule has 78 valence electrons. The highest BCUT2D eigenvalue weighted by molar-refractivity contribution is 9.09. The summed E-state index contributed by atoms with van der Waals surface area (Å²) in [4.78, 5) is 0. The van der Waals surface area contributed by atoms with Crippen LogP contribution in [-0.4, -0.2) is 25.5 Å². The molecule has 0 spiro atoms. The molecule has 5 heteroatoms. The Bertz CT molecular complexity index is 253. The number of hydrogen-bond acceptors (Lipinski definition) is 2. The van der Waals surface area contributed by atoms with Crippen molar-refractivity contribution in [3.63, 3.8) is 0 Å². The number of halogens is 1. The molecule has 2 unspecified atom stereocenters. The van der Waals surface area contributed by atoms with Crippen molar-refractivity contribution in [2.45, 2.75) is 32.2 Å². The van der Waals surface area contributed by atoms with Gasteiger partial charge in [-0.2, -0.15) is 0 Å². The fraction of sp³-hybridized carbons (Fsp3) is 1.00. The summed E-state index contributed by atoms with van der Waals surface area (Å²) in [5.41, 5.74) is 0. The Balaban J connectivity index is 2.53. The largest absolute Gasteiger partial charge is 0.212 e. The molecule has 1 N–H and O–H groups in total. The Kier molecular flexibility index (Phi) is 4.19. The van der Waals surface area contributed by atoms with Crippen LogP contribution in [0.5, 0.6) is 0 Å². The van der Waals surface area contributed by atoms with Crippen LogP contribution in [0, 0.1) is 5.92 Å². The molecule has 0 aromatic carbocycles. The van der Waals surface area contributed by atoms with E-state index in [1.54, 1.807) is 6.92 Å². The minimum atomic E-state index is -3.02. The molecule has 3 nitrogen and oxygen atoms in total. The normalized spacial score (nSPS) is 29.4. The zero-order valence-corrected chi connectivity index (χ0v) is 10.2. The van der Waals surface area contributed by atoms with Crippen molar-refractivity contribution in [2.24, 2.45) is 5.92 Å². The lowest BCUT2D eigenvalue weighted by Gasteiger charge is -2.18. The Labute approximate surface area is 88.5 Å². The molecular formula is C8H16BrNO2S. The average Bonchev–Trinajstić information content (AvgIpc) is 2.51. The lowest BCUT2D eigenvalue weighted by molar-refractivity contribution is 0.485. The lowest BCUT2D eigenvalue weighted by atomic mass is 10.1. The van der Waals surface area contributed by atoms with Crippen LogP contribution in [0.15, 0.2) is 0 Å². The second kappa shape index (κ2) is 4.75. The minimum absolute atomic E-state index is 0.157. The Hall–Kier alpha value is 0.390. The summed E-state index contributed by atoms with van der Waals surface area (Å²) < 4.78 is 25.3. The summed E-state index contributed by atoms with van der Waals surface area (Å²) in [5, 5.41) is 0.893. The van der Waals surface area contributed by atoms with Gasteiger partial charge in [0.25, 0.3) is 0 Å². The van der Waals surface area contributed by atoms with Crippen LogP contribution in [0.3, 0.4) is 0 Å². The first-order valence-electron chi connectivity index (χ1n) is 4.65. The van der Waals surface area contributed by atoms with E-state index in [1.165, 1.54) is 0 Å². The van der Waals surface area contributed by atoms with Gasteiger partial charge < -0.3 is 0 Å². The third kappa shape index (κ3) is 3.22. The van der Waals surface area contributed by atoms with Gasteiger partial charge in [0.1, 0.15) is 0 Å². The second-order valence-electron chi connectivity index (χ2n) is 3.47. The zero-order chi connectivity index (χ0) is 9.90. The smallest absolute Gasteiger partial charge is 0.211 e. The third-order valence-electron chi connectivity index (χ3n) is 2.57. The maximum Gasteiger partial charge on any atom is 0.211 e. The molecule has 1 saturated carbocycles. The van der Waals surface area contributed by atoms with Crippen LogP contribution in [0.4, 0.5) is 0 Å². The van der Waals surface area contributed by atoms with Crippen molar-refractivity contribution in [3.05, 3.63) is 0 Å². The molecule has 0 aromatic heterocycles. The van der Waals surface area contributed by atoms with Gasteiger partial charge in [0.05, 0.1) is 5.75 Å². The van der Waals surface area contributed by atoms with Crippen molar-refractivity contribution in [3.8, 4) is 0 Å². The summed E-state index contributed by atoms with van der Waals surface area (Å²) in [6.45, 7) is 1.67. The van der Waals surface area contributed by atoms with Crippen molar-refractivity contribution in [1.29, 1.82) is 0 Å². The number of hydrogen-bond donors (Lipinski definition) is 1. The first kappa shape index (κ1) is 11.5. The Morgan fingerprint density at radius 2 is 2.15 bits per heavy atom. The third-order valence-corrected chi connectivity index (χ3v) is 4.82. The van der Waals surface area contributed by atoms with E-state index in [0.717, 1.165) is 24.6 Å². The SMILES string of the molecule is CCS(=O)(=O)NC1CCCC1CBr. The molecule has 0 radical (unpaired) electrons. The number of nitrogens with one attached hydrogen (secondary N) is 1. The van der Waals surface area contributed by atoms with Gasteiger partial charge in [-0.15, -0.1) is 0 Å².